The third-order valence-electron chi connectivity index (χ3n) is 4.93. The third kappa shape index (κ3) is 4.44. The van der Waals surface area contributed by atoms with Crippen molar-refractivity contribution >= 4 is 0 Å². The molecule has 2 aliphatic rings. The summed E-state index contributed by atoms with van der Waals surface area (Å²) in [6, 6.07) is 1.48. The fraction of sp³-hybridized carbons (Fsp3) is 1.00. The Morgan fingerprint density at radius 1 is 1.32 bits per heavy atom. The second-order valence-electron chi connectivity index (χ2n) is 7.00. The number of hydrogen-bond acceptors (Lipinski definition) is 3. The predicted octanol–water partition coefficient (Wildman–Crippen LogP) is 2.65. The summed E-state index contributed by atoms with van der Waals surface area (Å²) in [5, 5.41) is 3.78. The molecule has 0 radical (unpaired) electrons. The molecule has 0 bridgehead atoms. The number of hydrogen-bond donors (Lipinski definition) is 1. The van der Waals surface area contributed by atoms with Crippen LogP contribution in [0.1, 0.15) is 52.9 Å². The lowest BCUT2D eigenvalue weighted by Crippen LogP contribution is -2.57. The number of nitrogens with zero attached hydrogens (tertiary/aromatic N) is 1. The van der Waals surface area contributed by atoms with Crippen LogP contribution in [0.5, 0.6) is 0 Å². The Kier molecular flexibility index (Phi) is 5.27. The van der Waals surface area contributed by atoms with Crippen molar-refractivity contribution in [2.45, 2.75) is 70.6 Å². The molecule has 19 heavy (non-hydrogen) atoms. The minimum absolute atomic E-state index is 0.0106. The Morgan fingerprint density at radius 3 is 2.63 bits per heavy atom. The summed E-state index contributed by atoms with van der Waals surface area (Å²) in [4.78, 5) is 2.73. The molecule has 1 saturated heterocycles. The van der Waals surface area contributed by atoms with Crippen LogP contribution < -0.4 is 5.32 Å². The molecule has 2 rings (SSSR count). The highest BCUT2D eigenvalue weighted by Gasteiger charge is 2.37. The summed E-state index contributed by atoms with van der Waals surface area (Å²) >= 11 is 0. The highest BCUT2D eigenvalue weighted by atomic mass is 16.5. The van der Waals surface area contributed by atoms with E-state index in [9.17, 15) is 0 Å². The summed E-state index contributed by atoms with van der Waals surface area (Å²) in [5.41, 5.74) is 0.0106. The van der Waals surface area contributed by atoms with Crippen LogP contribution in [0.3, 0.4) is 0 Å². The van der Waals surface area contributed by atoms with Gasteiger partial charge in [0.1, 0.15) is 0 Å². The van der Waals surface area contributed by atoms with Gasteiger partial charge in [0.05, 0.1) is 5.60 Å². The van der Waals surface area contributed by atoms with Crippen molar-refractivity contribution in [2.24, 2.45) is 5.92 Å². The van der Waals surface area contributed by atoms with Crippen LogP contribution >= 0.6 is 0 Å². The molecule has 0 aromatic carbocycles. The van der Waals surface area contributed by atoms with Crippen LogP contribution in [0.15, 0.2) is 0 Å². The van der Waals surface area contributed by atoms with E-state index >= 15 is 0 Å². The lowest BCUT2D eigenvalue weighted by atomic mass is 9.99. The summed E-state index contributed by atoms with van der Waals surface area (Å²) < 4.78 is 5.57. The molecule has 1 saturated carbocycles. The maximum atomic E-state index is 5.57. The first-order valence-electron chi connectivity index (χ1n) is 8.08. The van der Waals surface area contributed by atoms with Gasteiger partial charge in [-0.3, -0.25) is 4.90 Å². The highest BCUT2D eigenvalue weighted by Crippen LogP contribution is 2.34. The van der Waals surface area contributed by atoms with Crippen LogP contribution in [-0.2, 0) is 4.74 Å². The van der Waals surface area contributed by atoms with Crippen LogP contribution in [0.25, 0.3) is 0 Å². The molecule has 1 heterocycles. The van der Waals surface area contributed by atoms with Crippen LogP contribution in [0.4, 0.5) is 0 Å². The van der Waals surface area contributed by atoms with E-state index in [-0.39, 0.29) is 5.60 Å². The molecule has 0 spiro atoms. The largest absolute Gasteiger partial charge is 0.379 e. The molecule has 2 atom stereocenters. The average Bonchev–Trinajstić information content (AvgIpc) is 3.22. The Hall–Kier alpha value is -0.120. The fourth-order valence-electron chi connectivity index (χ4n) is 3.10. The molecule has 2 fully saturated rings. The molecule has 2 unspecified atom stereocenters. The van der Waals surface area contributed by atoms with E-state index in [0.29, 0.717) is 0 Å². The normalized spacial score (nSPS) is 29.7. The molecule has 1 aliphatic carbocycles. The summed E-state index contributed by atoms with van der Waals surface area (Å²) in [5.74, 6) is 0.959. The molecule has 0 amide bonds. The first kappa shape index (κ1) is 15.3. The molecule has 1 aliphatic heterocycles. The number of ether oxygens (including phenoxy) is 1. The third-order valence-corrected chi connectivity index (χ3v) is 4.93. The number of piperazine rings is 1. The molecule has 1 N–H and O–H groups in total. The van der Waals surface area contributed by atoms with Crippen molar-refractivity contribution in [1.82, 2.24) is 10.2 Å². The number of nitrogens with one attached hydrogen (secondary N) is 1. The quantitative estimate of drug-likeness (QED) is 0.768. The second kappa shape index (κ2) is 6.55. The van der Waals surface area contributed by atoms with Gasteiger partial charge >= 0.3 is 0 Å². The predicted molar refractivity (Wildman–Crippen MR) is 80.5 cm³/mol. The van der Waals surface area contributed by atoms with E-state index in [4.69, 9.17) is 4.74 Å². The van der Waals surface area contributed by atoms with Crippen molar-refractivity contribution in [3.05, 3.63) is 0 Å². The number of rotatable bonds is 7. The van der Waals surface area contributed by atoms with Crippen LogP contribution in [-0.4, -0.2) is 49.3 Å². The van der Waals surface area contributed by atoms with Gasteiger partial charge in [-0.15, -0.1) is 0 Å². The van der Waals surface area contributed by atoms with Crippen LogP contribution in [0.2, 0.25) is 0 Å². The monoisotopic (exact) mass is 268 g/mol. The van der Waals surface area contributed by atoms with Gasteiger partial charge in [0.2, 0.25) is 0 Å². The van der Waals surface area contributed by atoms with Gasteiger partial charge in [0, 0.05) is 38.8 Å². The van der Waals surface area contributed by atoms with Gasteiger partial charge in [-0.1, -0.05) is 13.3 Å². The zero-order valence-electron chi connectivity index (χ0n) is 13.2. The zero-order chi connectivity index (χ0) is 13.9. The Bertz CT molecular complexity index is 276. The van der Waals surface area contributed by atoms with Crippen molar-refractivity contribution in [3.63, 3.8) is 0 Å². The van der Waals surface area contributed by atoms with Crippen molar-refractivity contribution in [2.75, 3.05) is 26.7 Å². The summed E-state index contributed by atoms with van der Waals surface area (Å²) in [7, 11) is 1.83. The lowest BCUT2D eigenvalue weighted by molar-refractivity contribution is -0.00143. The van der Waals surface area contributed by atoms with Gasteiger partial charge in [0.25, 0.3) is 0 Å². The minimum atomic E-state index is 0.0106. The molecular weight excluding hydrogens is 236 g/mol. The lowest BCUT2D eigenvalue weighted by Gasteiger charge is -2.42. The van der Waals surface area contributed by atoms with E-state index in [1.54, 1.807) is 0 Å². The van der Waals surface area contributed by atoms with Gasteiger partial charge in [-0.25, -0.2) is 0 Å². The first-order chi connectivity index (χ1) is 9.05. The maximum absolute atomic E-state index is 5.57. The second-order valence-corrected chi connectivity index (χ2v) is 7.00. The Labute approximate surface area is 119 Å². The SMILES string of the molecule is CCCC1CNC(C2CC2)CN1CCC(C)(C)OC. The van der Waals surface area contributed by atoms with Crippen molar-refractivity contribution < 1.29 is 4.74 Å². The average molecular weight is 268 g/mol. The van der Waals surface area contributed by atoms with E-state index in [1.165, 1.54) is 45.3 Å². The van der Waals surface area contributed by atoms with Crippen molar-refractivity contribution in [1.29, 1.82) is 0 Å². The van der Waals surface area contributed by atoms with Gasteiger partial charge < -0.3 is 10.1 Å². The Balaban J connectivity index is 1.87. The van der Waals surface area contributed by atoms with Crippen molar-refractivity contribution in [3.8, 4) is 0 Å². The van der Waals surface area contributed by atoms with Gasteiger partial charge in [-0.05, 0) is 45.4 Å². The number of methoxy groups -OCH3 is 1. The molecular formula is C16H32N2O. The van der Waals surface area contributed by atoms with Crippen LogP contribution in [0, 0.1) is 5.92 Å². The molecule has 0 aromatic rings. The summed E-state index contributed by atoms with van der Waals surface area (Å²) in [6.07, 6.45) is 6.60. The topological polar surface area (TPSA) is 24.5 Å². The molecule has 112 valence electrons. The molecule has 0 aromatic heterocycles. The smallest absolute Gasteiger partial charge is 0.0634 e. The zero-order valence-corrected chi connectivity index (χ0v) is 13.2. The van der Waals surface area contributed by atoms with E-state index in [2.05, 4.69) is 31.0 Å². The minimum Gasteiger partial charge on any atom is -0.379 e. The fourth-order valence-corrected chi connectivity index (χ4v) is 3.10. The summed E-state index contributed by atoms with van der Waals surface area (Å²) in [6.45, 7) is 10.3. The maximum Gasteiger partial charge on any atom is 0.0634 e. The van der Waals surface area contributed by atoms with E-state index in [1.807, 2.05) is 7.11 Å². The van der Waals surface area contributed by atoms with Gasteiger partial charge in [0.15, 0.2) is 0 Å². The highest BCUT2D eigenvalue weighted by molar-refractivity contribution is 4.94. The molecule has 3 heteroatoms. The Morgan fingerprint density at radius 2 is 2.05 bits per heavy atom. The first-order valence-corrected chi connectivity index (χ1v) is 8.08. The van der Waals surface area contributed by atoms with Gasteiger partial charge in [-0.2, -0.15) is 0 Å². The van der Waals surface area contributed by atoms with E-state index < -0.39 is 0 Å². The standard InChI is InChI=1S/C16H32N2O/c1-5-6-14-11-17-15(13-7-8-13)12-18(14)10-9-16(2,3)19-4/h13-15,17H,5-12H2,1-4H3. The molecule has 3 nitrogen and oxygen atoms in total. The van der Waals surface area contributed by atoms with E-state index in [0.717, 1.165) is 24.4 Å².